The maximum atomic E-state index is 12.4. The predicted molar refractivity (Wildman–Crippen MR) is 77.9 cm³/mol. The van der Waals surface area contributed by atoms with E-state index in [0.29, 0.717) is 35.9 Å². The molecular formula is C14H14ClF3N4. The van der Waals surface area contributed by atoms with Crippen LogP contribution in [0, 0.1) is 0 Å². The summed E-state index contributed by atoms with van der Waals surface area (Å²) in [4.78, 5) is 11.9. The van der Waals surface area contributed by atoms with Gasteiger partial charge in [-0.3, -0.25) is 4.98 Å². The number of pyridine rings is 1. The largest absolute Gasteiger partial charge is 0.417 e. The molecule has 0 radical (unpaired) electrons. The van der Waals surface area contributed by atoms with Crippen LogP contribution >= 0.6 is 11.6 Å². The lowest BCUT2D eigenvalue weighted by atomic mass is 10.2. The SMILES string of the molecule is CCc1ncnc(NCCc2ccc(C(F)(F)F)cn2)c1Cl. The van der Waals surface area contributed by atoms with Gasteiger partial charge in [0.05, 0.1) is 11.3 Å². The topological polar surface area (TPSA) is 50.7 Å². The van der Waals surface area contributed by atoms with Crippen molar-refractivity contribution in [2.75, 3.05) is 11.9 Å². The molecule has 2 rings (SSSR count). The summed E-state index contributed by atoms with van der Waals surface area (Å²) in [6, 6.07) is 2.39. The maximum absolute atomic E-state index is 12.4. The van der Waals surface area contributed by atoms with Gasteiger partial charge in [0.1, 0.15) is 17.2 Å². The zero-order chi connectivity index (χ0) is 16.2. The number of aryl methyl sites for hydroxylation is 1. The van der Waals surface area contributed by atoms with Gasteiger partial charge in [-0.25, -0.2) is 9.97 Å². The quantitative estimate of drug-likeness (QED) is 0.907. The minimum Gasteiger partial charge on any atom is -0.368 e. The molecule has 2 heterocycles. The number of anilines is 1. The molecule has 22 heavy (non-hydrogen) atoms. The van der Waals surface area contributed by atoms with E-state index < -0.39 is 11.7 Å². The summed E-state index contributed by atoms with van der Waals surface area (Å²) < 4.78 is 37.3. The minimum absolute atomic E-state index is 0.457. The third-order valence-corrected chi connectivity index (χ3v) is 3.42. The molecule has 0 spiro atoms. The Bertz CT molecular complexity index is 629. The van der Waals surface area contributed by atoms with Gasteiger partial charge in [-0.2, -0.15) is 13.2 Å². The molecule has 1 N–H and O–H groups in total. The van der Waals surface area contributed by atoms with Gasteiger partial charge in [0.15, 0.2) is 0 Å². The van der Waals surface area contributed by atoms with Gasteiger partial charge in [-0.05, 0) is 18.6 Å². The fourth-order valence-corrected chi connectivity index (χ4v) is 2.12. The second-order valence-electron chi connectivity index (χ2n) is 4.55. The summed E-state index contributed by atoms with van der Waals surface area (Å²) in [5, 5.41) is 3.50. The van der Waals surface area contributed by atoms with Gasteiger partial charge < -0.3 is 5.32 Å². The predicted octanol–water partition coefficient (Wildman–Crippen LogP) is 3.76. The van der Waals surface area contributed by atoms with E-state index in [1.54, 1.807) is 0 Å². The number of alkyl halides is 3. The van der Waals surface area contributed by atoms with Gasteiger partial charge in [0.2, 0.25) is 0 Å². The lowest BCUT2D eigenvalue weighted by molar-refractivity contribution is -0.137. The Hall–Kier alpha value is -1.89. The van der Waals surface area contributed by atoms with Crippen LogP contribution in [-0.2, 0) is 19.0 Å². The second kappa shape index (κ2) is 6.91. The standard InChI is InChI=1S/C14H14ClF3N4/c1-2-11-12(15)13(22-8-21-11)19-6-5-10-4-3-9(7-20-10)14(16,17)18/h3-4,7-8H,2,5-6H2,1H3,(H,19,21,22). The molecule has 118 valence electrons. The highest BCUT2D eigenvalue weighted by atomic mass is 35.5. The number of rotatable bonds is 5. The third kappa shape index (κ3) is 4.07. The third-order valence-electron chi connectivity index (χ3n) is 3.02. The van der Waals surface area contributed by atoms with Crippen molar-refractivity contribution in [1.82, 2.24) is 15.0 Å². The average Bonchev–Trinajstić information content (AvgIpc) is 2.48. The van der Waals surface area contributed by atoms with E-state index in [-0.39, 0.29) is 0 Å². The summed E-state index contributed by atoms with van der Waals surface area (Å²) in [7, 11) is 0. The smallest absolute Gasteiger partial charge is 0.368 e. The lowest BCUT2D eigenvalue weighted by Crippen LogP contribution is -2.10. The molecule has 0 bridgehead atoms. The fourth-order valence-electron chi connectivity index (χ4n) is 1.83. The van der Waals surface area contributed by atoms with Crippen molar-refractivity contribution < 1.29 is 13.2 Å². The highest BCUT2D eigenvalue weighted by Gasteiger charge is 2.30. The molecule has 0 amide bonds. The Labute approximate surface area is 130 Å². The van der Waals surface area contributed by atoms with Crippen LogP contribution in [-0.4, -0.2) is 21.5 Å². The summed E-state index contributed by atoms with van der Waals surface area (Å²) in [5.41, 5.74) is 0.545. The van der Waals surface area contributed by atoms with Crippen LogP contribution in [0.4, 0.5) is 19.0 Å². The summed E-state index contributed by atoms with van der Waals surface area (Å²) in [5.74, 6) is 0.514. The van der Waals surface area contributed by atoms with Crippen molar-refractivity contribution >= 4 is 17.4 Å². The molecule has 0 unspecified atom stereocenters. The van der Waals surface area contributed by atoms with Crippen molar-refractivity contribution in [3.8, 4) is 0 Å². The zero-order valence-electron chi connectivity index (χ0n) is 11.8. The summed E-state index contributed by atoms with van der Waals surface area (Å²) in [6.45, 7) is 2.39. The van der Waals surface area contributed by atoms with Crippen LogP contribution in [0.2, 0.25) is 5.02 Å². The van der Waals surface area contributed by atoms with E-state index in [4.69, 9.17) is 11.6 Å². The van der Waals surface area contributed by atoms with E-state index in [1.807, 2.05) is 6.92 Å². The Morgan fingerprint density at radius 3 is 2.55 bits per heavy atom. The van der Waals surface area contributed by atoms with Crippen molar-refractivity contribution in [2.45, 2.75) is 25.9 Å². The minimum atomic E-state index is -4.37. The molecule has 0 atom stereocenters. The highest BCUT2D eigenvalue weighted by molar-refractivity contribution is 6.33. The number of hydrogen-bond acceptors (Lipinski definition) is 4. The second-order valence-corrected chi connectivity index (χ2v) is 4.93. The van der Waals surface area contributed by atoms with Crippen LogP contribution < -0.4 is 5.32 Å². The normalized spacial score (nSPS) is 11.5. The lowest BCUT2D eigenvalue weighted by Gasteiger charge is -2.09. The van der Waals surface area contributed by atoms with E-state index in [1.165, 1.54) is 12.4 Å². The number of halogens is 4. The number of hydrogen-bond donors (Lipinski definition) is 1. The molecule has 0 aromatic carbocycles. The van der Waals surface area contributed by atoms with E-state index >= 15 is 0 Å². The molecule has 0 aliphatic heterocycles. The van der Waals surface area contributed by atoms with Crippen molar-refractivity contribution in [2.24, 2.45) is 0 Å². The van der Waals surface area contributed by atoms with Crippen LogP contribution in [0.1, 0.15) is 23.9 Å². The zero-order valence-corrected chi connectivity index (χ0v) is 12.5. The monoisotopic (exact) mass is 330 g/mol. The Balaban J connectivity index is 1.94. The number of nitrogens with zero attached hydrogens (tertiary/aromatic N) is 3. The Kier molecular flexibility index (Phi) is 5.18. The van der Waals surface area contributed by atoms with Crippen LogP contribution in [0.5, 0.6) is 0 Å². The molecule has 2 aromatic heterocycles. The van der Waals surface area contributed by atoms with Crippen LogP contribution in [0.15, 0.2) is 24.7 Å². The molecule has 0 aliphatic carbocycles. The van der Waals surface area contributed by atoms with Gasteiger partial charge in [-0.1, -0.05) is 18.5 Å². The van der Waals surface area contributed by atoms with Crippen molar-refractivity contribution in [3.63, 3.8) is 0 Å². The molecule has 0 saturated carbocycles. The van der Waals surface area contributed by atoms with Crippen LogP contribution in [0.25, 0.3) is 0 Å². The first-order chi connectivity index (χ1) is 10.4. The fraction of sp³-hybridized carbons (Fsp3) is 0.357. The number of nitrogens with one attached hydrogen (secondary N) is 1. The average molecular weight is 331 g/mol. The molecule has 0 aliphatic rings. The van der Waals surface area contributed by atoms with E-state index in [2.05, 4.69) is 20.3 Å². The van der Waals surface area contributed by atoms with Crippen molar-refractivity contribution in [3.05, 3.63) is 46.6 Å². The maximum Gasteiger partial charge on any atom is 0.417 e. The summed E-state index contributed by atoms with van der Waals surface area (Å²) in [6.07, 6.45) is -0.961. The number of aromatic nitrogens is 3. The molecule has 4 nitrogen and oxygen atoms in total. The highest BCUT2D eigenvalue weighted by Crippen LogP contribution is 2.28. The van der Waals surface area contributed by atoms with Gasteiger partial charge in [0, 0.05) is 24.9 Å². The molecule has 8 heteroatoms. The van der Waals surface area contributed by atoms with Gasteiger partial charge in [0.25, 0.3) is 0 Å². The van der Waals surface area contributed by atoms with Crippen molar-refractivity contribution in [1.29, 1.82) is 0 Å². The molecule has 0 saturated heterocycles. The first-order valence-electron chi connectivity index (χ1n) is 6.67. The first-order valence-corrected chi connectivity index (χ1v) is 7.05. The molecular weight excluding hydrogens is 317 g/mol. The van der Waals surface area contributed by atoms with E-state index in [9.17, 15) is 13.2 Å². The Morgan fingerprint density at radius 2 is 1.95 bits per heavy atom. The van der Waals surface area contributed by atoms with E-state index in [0.717, 1.165) is 18.0 Å². The van der Waals surface area contributed by atoms with Gasteiger partial charge in [-0.15, -0.1) is 0 Å². The van der Waals surface area contributed by atoms with Gasteiger partial charge >= 0.3 is 6.18 Å². The molecule has 0 fully saturated rings. The van der Waals surface area contributed by atoms with Crippen LogP contribution in [0.3, 0.4) is 0 Å². The molecule has 2 aromatic rings. The summed E-state index contributed by atoms with van der Waals surface area (Å²) >= 11 is 6.13. The first kappa shape index (κ1) is 16.5. The Morgan fingerprint density at radius 1 is 1.18 bits per heavy atom.